The number of halogens is 1. The van der Waals surface area contributed by atoms with Crippen molar-refractivity contribution in [2.24, 2.45) is 5.92 Å². The highest BCUT2D eigenvalue weighted by Gasteiger charge is 2.15. The predicted octanol–water partition coefficient (Wildman–Crippen LogP) is 4.10. The van der Waals surface area contributed by atoms with Crippen molar-refractivity contribution in [2.45, 2.75) is 6.42 Å². The molecule has 104 valence electrons. The Balaban J connectivity index is 1.71. The summed E-state index contributed by atoms with van der Waals surface area (Å²) in [5, 5.41) is 3.36. The van der Waals surface area contributed by atoms with E-state index in [1.807, 2.05) is 6.07 Å². The molecule has 3 heteroatoms. The van der Waals surface area contributed by atoms with Crippen LogP contribution in [0.3, 0.4) is 0 Å². The lowest BCUT2D eigenvalue weighted by Gasteiger charge is -2.13. The third-order valence-electron chi connectivity index (χ3n) is 3.68. The fourth-order valence-corrected chi connectivity index (χ4v) is 2.99. The number of hydrogen-bond acceptors (Lipinski definition) is 2. The Labute approximate surface area is 128 Å². The van der Waals surface area contributed by atoms with Crippen molar-refractivity contribution in [3.05, 3.63) is 53.0 Å². The first-order valence-corrected chi connectivity index (χ1v) is 7.81. The standard InChI is InChI=1S/C17H18BrNO/c18-16-10-15(14-4-2-1-3-5-14)6-7-17(16)20-12-13-8-9-19-11-13/h1-7,10,13,19H,8-9,11-12H2/t13-/m0/s1. The molecule has 0 amide bonds. The minimum atomic E-state index is 0.635. The van der Waals surface area contributed by atoms with Crippen molar-refractivity contribution in [1.82, 2.24) is 5.32 Å². The molecule has 0 aliphatic carbocycles. The highest BCUT2D eigenvalue weighted by molar-refractivity contribution is 9.10. The summed E-state index contributed by atoms with van der Waals surface area (Å²) in [6, 6.07) is 16.7. The van der Waals surface area contributed by atoms with Gasteiger partial charge in [-0.25, -0.2) is 0 Å². The van der Waals surface area contributed by atoms with Crippen LogP contribution >= 0.6 is 15.9 Å². The summed E-state index contributed by atoms with van der Waals surface area (Å²) >= 11 is 3.61. The van der Waals surface area contributed by atoms with Gasteiger partial charge in [-0.15, -0.1) is 0 Å². The van der Waals surface area contributed by atoms with Crippen LogP contribution in [0.1, 0.15) is 6.42 Å². The number of nitrogens with one attached hydrogen (secondary N) is 1. The van der Waals surface area contributed by atoms with Gasteiger partial charge in [0.25, 0.3) is 0 Å². The Morgan fingerprint density at radius 2 is 1.95 bits per heavy atom. The molecule has 2 aromatic rings. The highest BCUT2D eigenvalue weighted by atomic mass is 79.9. The lowest BCUT2D eigenvalue weighted by Crippen LogP contribution is -2.15. The molecule has 0 saturated carbocycles. The fourth-order valence-electron chi connectivity index (χ4n) is 2.49. The average Bonchev–Trinajstić information content (AvgIpc) is 3.00. The van der Waals surface area contributed by atoms with Crippen molar-refractivity contribution in [1.29, 1.82) is 0 Å². The van der Waals surface area contributed by atoms with Gasteiger partial charge in [0, 0.05) is 12.5 Å². The Kier molecular flexibility index (Phi) is 4.38. The van der Waals surface area contributed by atoms with Crippen LogP contribution in [-0.4, -0.2) is 19.7 Å². The zero-order chi connectivity index (χ0) is 13.8. The zero-order valence-electron chi connectivity index (χ0n) is 11.3. The molecular weight excluding hydrogens is 314 g/mol. The summed E-state index contributed by atoms with van der Waals surface area (Å²) in [4.78, 5) is 0. The Morgan fingerprint density at radius 1 is 1.10 bits per heavy atom. The number of hydrogen-bond donors (Lipinski definition) is 1. The third kappa shape index (κ3) is 3.22. The van der Waals surface area contributed by atoms with Gasteiger partial charge in [-0.2, -0.15) is 0 Å². The molecule has 1 aliphatic heterocycles. The summed E-state index contributed by atoms with van der Waals surface area (Å²) in [6.45, 7) is 2.97. The second-order valence-corrected chi connectivity index (χ2v) is 6.04. The first kappa shape index (κ1) is 13.7. The van der Waals surface area contributed by atoms with E-state index in [1.165, 1.54) is 17.5 Å². The van der Waals surface area contributed by atoms with E-state index in [-0.39, 0.29) is 0 Å². The van der Waals surface area contributed by atoms with Crippen LogP contribution in [0.4, 0.5) is 0 Å². The maximum absolute atomic E-state index is 5.92. The monoisotopic (exact) mass is 331 g/mol. The quantitative estimate of drug-likeness (QED) is 0.910. The second kappa shape index (κ2) is 6.42. The van der Waals surface area contributed by atoms with Gasteiger partial charge in [0.05, 0.1) is 11.1 Å². The minimum absolute atomic E-state index is 0.635. The molecule has 0 radical (unpaired) electrons. The maximum atomic E-state index is 5.92. The van der Waals surface area contributed by atoms with Crippen LogP contribution in [0.15, 0.2) is 53.0 Å². The second-order valence-electron chi connectivity index (χ2n) is 5.18. The molecular formula is C17H18BrNO. The van der Waals surface area contributed by atoms with Crippen molar-refractivity contribution in [3.63, 3.8) is 0 Å². The van der Waals surface area contributed by atoms with E-state index in [0.717, 1.165) is 29.9 Å². The van der Waals surface area contributed by atoms with Crippen LogP contribution in [0.5, 0.6) is 5.75 Å². The first-order chi connectivity index (χ1) is 9.83. The molecule has 20 heavy (non-hydrogen) atoms. The van der Waals surface area contributed by atoms with Crippen molar-refractivity contribution < 1.29 is 4.74 Å². The van der Waals surface area contributed by atoms with Crippen molar-refractivity contribution in [3.8, 4) is 16.9 Å². The van der Waals surface area contributed by atoms with E-state index in [4.69, 9.17) is 4.74 Å². The maximum Gasteiger partial charge on any atom is 0.133 e. The van der Waals surface area contributed by atoms with Gasteiger partial charge < -0.3 is 10.1 Å². The van der Waals surface area contributed by atoms with E-state index in [1.54, 1.807) is 0 Å². The predicted molar refractivity (Wildman–Crippen MR) is 86.0 cm³/mol. The van der Waals surface area contributed by atoms with Crippen LogP contribution in [0.2, 0.25) is 0 Å². The Hall–Kier alpha value is -1.32. The zero-order valence-corrected chi connectivity index (χ0v) is 12.9. The molecule has 0 bridgehead atoms. The molecule has 1 aliphatic rings. The molecule has 2 aromatic carbocycles. The molecule has 1 atom stereocenters. The molecule has 1 heterocycles. The summed E-state index contributed by atoms with van der Waals surface area (Å²) in [7, 11) is 0. The molecule has 1 fully saturated rings. The molecule has 0 spiro atoms. The van der Waals surface area contributed by atoms with Gasteiger partial charge in [-0.3, -0.25) is 0 Å². The summed E-state index contributed by atoms with van der Waals surface area (Å²) in [5.41, 5.74) is 2.42. The van der Waals surface area contributed by atoms with Gasteiger partial charge in [-0.05, 0) is 52.2 Å². The molecule has 1 saturated heterocycles. The normalized spacial score (nSPS) is 18.1. The lowest BCUT2D eigenvalue weighted by molar-refractivity contribution is 0.258. The van der Waals surface area contributed by atoms with E-state index in [2.05, 4.69) is 63.7 Å². The van der Waals surface area contributed by atoms with E-state index < -0.39 is 0 Å². The smallest absolute Gasteiger partial charge is 0.133 e. The fraction of sp³-hybridized carbons (Fsp3) is 0.294. The van der Waals surface area contributed by atoms with E-state index in [0.29, 0.717) is 5.92 Å². The van der Waals surface area contributed by atoms with E-state index >= 15 is 0 Å². The molecule has 0 aromatic heterocycles. The number of rotatable bonds is 4. The minimum Gasteiger partial charge on any atom is -0.492 e. The molecule has 1 N–H and O–H groups in total. The van der Waals surface area contributed by atoms with Crippen LogP contribution in [0.25, 0.3) is 11.1 Å². The van der Waals surface area contributed by atoms with Gasteiger partial charge in [0.15, 0.2) is 0 Å². The van der Waals surface area contributed by atoms with Crippen LogP contribution in [-0.2, 0) is 0 Å². The van der Waals surface area contributed by atoms with Gasteiger partial charge in [-0.1, -0.05) is 36.4 Å². The molecule has 0 unspecified atom stereocenters. The van der Waals surface area contributed by atoms with Crippen molar-refractivity contribution in [2.75, 3.05) is 19.7 Å². The van der Waals surface area contributed by atoms with Crippen LogP contribution < -0.4 is 10.1 Å². The molecule has 2 nitrogen and oxygen atoms in total. The highest BCUT2D eigenvalue weighted by Crippen LogP contribution is 2.31. The van der Waals surface area contributed by atoms with Gasteiger partial charge in [0.1, 0.15) is 5.75 Å². The van der Waals surface area contributed by atoms with Gasteiger partial charge >= 0.3 is 0 Å². The lowest BCUT2D eigenvalue weighted by atomic mass is 10.1. The van der Waals surface area contributed by atoms with E-state index in [9.17, 15) is 0 Å². The number of ether oxygens (including phenoxy) is 1. The molecule has 3 rings (SSSR count). The largest absolute Gasteiger partial charge is 0.492 e. The summed E-state index contributed by atoms with van der Waals surface area (Å²) in [6.07, 6.45) is 1.21. The van der Waals surface area contributed by atoms with Crippen LogP contribution in [0, 0.1) is 5.92 Å². The van der Waals surface area contributed by atoms with Crippen molar-refractivity contribution >= 4 is 15.9 Å². The summed E-state index contributed by atoms with van der Waals surface area (Å²) < 4.78 is 6.94. The first-order valence-electron chi connectivity index (χ1n) is 7.01. The Morgan fingerprint density at radius 3 is 2.65 bits per heavy atom. The Bertz CT molecular complexity index is 564. The topological polar surface area (TPSA) is 21.3 Å². The van der Waals surface area contributed by atoms with Gasteiger partial charge in [0.2, 0.25) is 0 Å². The average molecular weight is 332 g/mol. The SMILES string of the molecule is Brc1cc(-c2ccccc2)ccc1OC[C@H]1CCNC1. The third-order valence-corrected chi connectivity index (χ3v) is 4.30. The summed E-state index contributed by atoms with van der Waals surface area (Å²) in [5.74, 6) is 1.56. The number of benzene rings is 2.